The number of esters is 1. The van der Waals surface area contributed by atoms with E-state index in [0.29, 0.717) is 24.4 Å². The van der Waals surface area contributed by atoms with Gasteiger partial charge >= 0.3 is 5.97 Å². The van der Waals surface area contributed by atoms with E-state index in [1.54, 1.807) is 6.20 Å². The van der Waals surface area contributed by atoms with Gasteiger partial charge in [0.05, 0.1) is 29.1 Å². The van der Waals surface area contributed by atoms with Crippen molar-refractivity contribution in [3.63, 3.8) is 0 Å². The number of aromatic nitrogens is 2. The monoisotopic (exact) mass is 411 g/mol. The first-order valence-corrected chi connectivity index (χ1v) is 10.5. The molecule has 0 saturated heterocycles. The van der Waals surface area contributed by atoms with E-state index in [-0.39, 0.29) is 12.0 Å². The SMILES string of the molecule is CCOC(=O)c1c(CNC(C)c2ccccn2)nc2ccccc2c1-c1ccccc1. The van der Waals surface area contributed by atoms with Crippen LogP contribution in [0.5, 0.6) is 0 Å². The van der Waals surface area contributed by atoms with Crippen LogP contribution in [0.1, 0.15) is 41.6 Å². The first-order valence-electron chi connectivity index (χ1n) is 10.5. The van der Waals surface area contributed by atoms with Gasteiger partial charge in [0, 0.05) is 29.7 Å². The molecule has 156 valence electrons. The van der Waals surface area contributed by atoms with Gasteiger partial charge in [0.25, 0.3) is 0 Å². The van der Waals surface area contributed by atoms with Crippen molar-refractivity contribution in [1.82, 2.24) is 15.3 Å². The fraction of sp³-hybridized carbons (Fsp3) is 0.192. The molecule has 2 heterocycles. The van der Waals surface area contributed by atoms with Crippen LogP contribution in [0.15, 0.2) is 79.0 Å². The number of pyridine rings is 2. The Balaban J connectivity index is 1.84. The Labute approximate surface area is 182 Å². The highest BCUT2D eigenvalue weighted by Crippen LogP contribution is 2.34. The number of rotatable bonds is 7. The van der Waals surface area contributed by atoms with Gasteiger partial charge in [-0.3, -0.25) is 9.97 Å². The van der Waals surface area contributed by atoms with Gasteiger partial charge in [-0.1, -0.05) is 54.6 Å². The maximum Gasteiger partial charge on any atom is 0.340 e. The van der Waals surface area contributed by atoms with Gasteiger partial charge in [0.15, 0.2) is 0 Å². The summed E-state index contributed by atoms with van der Waals surface area (Å²) in [7, 11) is 0. The Kier molecular flexibility index (Phi) is 6.34. The zero-order valence-electron chi connectivity index (χ0n) is 17.7. The molecule has 4 aromatic rings. The summed E-state index contributed by atoms with van der Waals surface area (Å²) in [6.45, 7) is 4.58. The Bertz CT molecular complexity index is 1180. The number of carbonyl (C=O) groups is 1. The van der Waals surface area contributed by atoms with Crippen molar-refractivity contribution >= 4 is 16.9 Å². The van der Waals surface area contributed by atoms with Crippen LogP contribution in [0.2, 0.25) is 0 Å². The predicted molar refractivity (Wildman–Crippen MR) is 123 cm³/mol. The third-order valence-corrected chi connectivity index (χ3v) is 5.22. The summed E-state index contributed by atoms with van der Waals surface area (Å²) in [5.41, 5.74) is 4.77. The number of para-hydroxylation sites is 1. The zero-order chi connectivity index (χ0) is 21.6. The highest BCUT2D eigenvalue weighted by molar-refractivity contribution is 6.07. The molecule has 0 fully saturated rings. The van der Waals surface area contributed by atoms with Gasteiger partial charge in [-0.05, 0) is 37.6 Å². The quantitative estimate of drug-likeness (QED) is 0.417. The van der Waals surface area contributed by atoms with E-state index >= 15 is 0 Å². The molecule has 0 aliphatic heterocycles. The molecule has 1 N–H and O–H groups in total. The van der Waals surface area contributed by atoms with Crippen LogP contribution < -0.4 is 5.32 Å². The minimum atomic E-state index is -0.359. The molecule has 2 aromatic heterocycles. The van der Waals surface area contributed by atoms with Gasteiger partial charge in [-0.25, -0.2) is 4.79 Å². The van der Waals surface area contributed by atoms with Crippen molar-refractivity contribution < 1.29 is 9.53 Å². The maximum atomic E-state index is 13.1. The maximum absolute atomic E-state index is 13.1. The molecular formula is C26H25N3O2. The molecular weight excluding hydrogens is 386 g/mol. The smallest absolute Gasteiger partial charge is 0.340 e. The summed E-state index contributed by atoms with van der Waals surface area (Å²) in [5.74, 6) is -0.359. The van der Waals surface area contributed by atoms with E-state index in [4.69, 9.17) is 9.72 Å². The second-order valence-corrected chi connectivity index (χ2v) is 7.27. The van der Waals surface area contributed by atoms with Gasteiger partial charge in [-0.2, -0.15) is 0 Å². The molecule has 5 heteroatoms. The van der Waals surface area contributed by atoms with Crippen LogP contribution in [-0.4, -0.2) is 22.5 Å². The molecule has 0 aliphatic carbocycles. The summed E-state index contributed by atoms with van der Waals surface area (Å²) < 4.78 is 5.45. The van der Waals surface area contributed by atoms with Crippen molar-refractivity contribution in [2.24, 2.45) is 0 Å². The molecule has 1 unspecified atom stereocenters. The molecule has 0 spiro atoms. The average Bonchev–Trinajstić information content (AvgIpc) is 2.82. The van der Waals surface area contributed by atoms with Gasteiger partial charge < -0.3 is 10.1 Å². The zero-order valence-corrected chi connectivity index (χ0v) is 17.7. The second kappa shape index (κ2) is 9.49. The van der Waals surface area contributed by atoms with Crippen LogP contribution >= 0.6 is 0 Å². The number of nitrogens with one attached hydrogen (secondary N) is 1. The van der Waals surface area contributed by atoms with E-state index in [9.17, 15) is 4.79 Å². The molecule has 0 bridgehead atoms. The minimum absolute atomic E-state index is 0.00434. The fourth-order valence-corrected chi connectivity index (χ4v) is 3.70. The Hall–Kier alpha value is -3.57. The van der Waals surface area contributed by atoms with Crippen molar-refractivity contribution in [2.45, 2.75) is 26.4 Å². The second-order valence-electron chi connectivity index (χ2n) is 7.27. The summed E-state index contributed by atoms with van der Waals surface area (Å²) in [6.07, 6.45) is 1.78. The van der Waals surface area contributed by atoms with E-state index < -0.39 is 0 Å². The molecule has 0 saturated carbocycles. The largest absolute Gasteiger partial charge is 0.462 e. The van der Waals surface area contributed by atoms with Gasteiger partial charge in [-0.15, -0.1) is 0 Å². The number of hydrogen-bond donors (Lipinski definition) is 1. The Morgan fingerprint density at radius 2 is 1.74 bits per heavy atom. The molecule has 0 aliphatic rings. The molecule has 2 aromatic carbocycles. The summed E-state index contributed by atoms with van der Waals surface area (Å²) in [4.78, 5) is 22.4. The highest BCUT2D eigenvalue weighted by Gasteiger charge is 2.23. The van der Waals surface area contributed by atoms with Crippen LogP contribution in [0.25, 0.3) is 22.0 Å². The van der Waals surface area contributed by atoms with Crippen LogP contribution in [0, 0.1) is 0 Å². The molecule has 1 atom stereocenters. The third kappa shape index (κ3) is 4.47. The number of benzene rings is 2. The molecule has 31 heavy (non-hydrogen) atoms. The molecule has 5 nitrogen and oxygen atoms in total. The van der Waals surface area contributed by atoms with Crippen molar-refractivity contribution in [1.29, 1.82) is 0 Å². The minimum Gasteiger partial charge on any atom is -0.462 e. The van der Waals surface area contributed by atoms with Crippen LogP contribution in [0.3, 0.4) is 0 Å². The fourth-order valence-electron chi connectivity index (χ4n) is 3.70. The number of hydrogen-bond acceptors (Lipinski definition) is 5. The average molecular weight is 412 g/mol. The first kappa shape index (κ1) is 20.7. The molecule has 4 rings (SSSR count). The number of carbonyl (C=O) groups excluding carboxylic acids is 1. The predicted octanol–water partition coefficient (Wildman–Crippen LogP) is 5.32. The Morgan fingerprint density at radius 1 is 1.00 bits per heavy atom. The topological polar surface area (TPSA) is 64.1 Å². The number of nitrogens with zero attached hydrogens (tertiary/aromatic N) is 2. The summed E-state index contributed by atoms with van der Waals surface area (Å²) in [5, 5.41) is 4.39. The third-order valence-electron chi connectivity index (χ3n) is 5.22. The van der Waals surface area contributed by atoms with Crippen LogP contribution in [0.4, 0.5) is 0 Å². The standard InChI is InChI=1S/C26H25N3O2/c1-3-31-26(30)25-23(17-28-18(2)21-14-9-10-16-27-21)29-22-15-8-7-13-20(22)24(25)19-11-5-4-6-12-19/h4-16,18,28H,3,17H2,1-2H3. The lowest BCUT2D eigenvalue weighted by atomic mass is 9.94. The highest BCUT2D eigenvalue weighted by atomic mass is 16.5. The van der Waals surface area contributed by atoms with E-state index in [1.165, 1.54) is 0 Å². The lowest BCUT2D eigenvalue weighted by Crippen LogP contribution is -2.22. The normalized spacial score (nSPS) is 11.9. The summed E-state index contributed by atoms with van der Waals surface area (Å²) >= 11 is 0. The van der Waals surface area contributed by atoms with E-state index in [2.05, 4.69) is 10.3 Å². The van der Waals surface area contributed by atoms with Gasteiger partial charge in [0.1, 0.15) is 0 Å². The number of ether oxygens (including phenoxy) is 1. The van der Waals surface area contributed by atoms with Gasteiger partial charge in [0.2, 0.25) is 0 Å². The lowest BCUT2D eigenvalue weighted by Gasteiger charge is -2.19. The number of fused-ring (bicyclic) bond motifs is 1. The van der Waals surface area contributed by atoms with E-state index in [1.807, 2.05) is 86.6 Å². The van der Waals surface area contributed by atoms with Crippen molar-refractivity contribution in [2.75, 3.05) is 6.61 Å². The molecule has 0 amide bonds. The summed E-state index contributed by atoms with van der Waals surface area (Å²) in [6, 6.07) is 23.7. The van der Waals surface area contributed by atoms with Crippen molar-refractivity contribution in [3.05, 3.63) is 95.9 Å². The Morgan fingerprint density at radius 3 is 2.48 bits per heavy atom. The van der Waals surface area contributed by atoms with Crippen LogP contribution in [-0.2, 0) is 11.3 Å². The van der Waals surface area contributed by atoms with Crippen molar-refractivity contribution in [3.8, 4) is 11.1 Å². The van der Waals surface area contributed by atoms with E-state index in [0.717, 1.165) is 27.7 Å². The lowest BCUT2D eigenvalue weighted by molar-refractivity contribution is 0.0525. The molecule has 0 radical (unpaired) electrons. The first-order chi connectivity index (χ1) is 15.2.